The van der Waals surface area contributed by atoms with Crippen LogP contribution in [-0.4, -0.2) is 28.3 Å². The number of hydrogen-bond donors (Lipinski definition) is 4. The Bertz CT molecular complexity index is 832. The van der Waals surface area contributed by atoms with Crippen molar-refractivity contribution in [2.45, 2.75) is 0 Å². The molecule has 25 heavy (non-hydrogen) atoms. The van der Waals surface area contributed by atoms with Gasteiger partial charge in [-0.05, 0) is 42.0 Å². The van der Waals surface area contributed by atoms with Crippen LogP contribution in [0.4, 0.5) is 4.39 Å². The number of phenols is 1. The van der Waals surface area contributed by atoms with Crippen molar-refractivity contribution in [3.8, 4) is 5.75 Å². The number of carbonyl (C=O) groups is 2. The molecule has 0 aliphatic carbocycles. The highest BCUT2D eigenvalue weighted by Crippen LogP contribution is 2.15. The molecule has 0 bridgehead atoms. The molecular formula is C17H14FN3O4. The smallest absolute Gasteiger partial charge is 0.271 e. The third kappa shape index (κ3) is 5.26. The molecule has 0 unspecified atom stereocenters. The van der Waals surface area contributed by atoms with Crippen molar-refractivity contribution in [3.05, 3.63) is 71.0 Å². The van der Waals surface area contributed by atoms with Crippen LogP contribution < -0.4 is 10.9 Å². The summed E-state index contributed by atoms with van der Waals surface area (Å²) < 4.78 is 13.1. The van der Waals surface area contributed by atoms with Crippen LogP contribution in [0, 0.1) is 5.82 Å². The van der Waals surface area contributed by atoms with Crippen LogP contribution in [0.3, 0.4) is 0 Å². The normalized spacial score (nSPS) is 11.0. The van der Waals surface area contributed by atoms with Crippen molar-refractivity contribution >= 4 is 24.1 Å². The Hall–Kier alpha value is -3.52. The predicted octanol–water partition coefficient (Wildman–Crippen LogP) is 1.81. The van der Waals surface area contributed by atoms with Gasteiger partial charge in [0.1, 0.15) is 11.6 Å². The first-order valence-corrected chi connectivity index (χ1v) is 7.04. The van der Waals surface area contributed by atoms with Crippen molar-refractivity contribution in [2.24, 2.45) is 5.10 Å². The molecule has 128 valence electrons. The first-order chi connectivity index (χ1) is 12.0. The number of hydrogen-bond acceptors (Lipinski definition) is 5. The van der Waals surface area contributed by atoms with Crippen LogP contribution in [0.15, 0.2) is 53.6 Å². The maximum atomic E-state index is 13.1. The summed E-state index contributed by atoms with van der Waals surface area (Å²) in [4.78, 5) is 22.8. The van der Waals surface area contributed by atoms with E-state index in [1.54, 1.807) is 12.1 Å². The lowest BCUT2D eigenvalue weighted by Crippen LogP contribution is -2.17. The van der Waals surface area contributed by atoms with Gasteiger partial charge < -0.3 is 5.11 Å². The van der Waals surface area contributed by atoms with Gasteiger partial charge in [0.15, 0.2) is 0 Å². The zero-order chi connectivity index (χ0) is 18.2. The fourth-order valence-corrected chi connectivity index (χ4v) is 1.81. The highest BCUT2D eigenvalue weighted by molar-refractivity contribution is 5.95. The highest BCUT2D eigenvalue weighted by atomic mass is 19.1. The summed E-state index contributed by atoms with van der Waals surface area (Å²) in [5.74, 6) is -1.88. The Morgan fingerprint density at radius 2 is 1.84 bits per heavy atom. The minimum Gasteiger partial charge on any atom is -0.507 e. The number of hydroxylamine groups is 1. The van der Waals surface area contributed by atoms with E-state index in [0.717, 1.165) is 24.4 Å². The van der Waals surface area contributed by atoms with E-state index >= 15 is 0 Å². The average Bonchev–Trinajstić information content (AvgIpc) is 2.62. The zero-order valence-corrected chi connectivity index (χ0v) is 12.8. The van der Waals surface area contributed by atoms with Crippen LogP contribution >= 0.6 is 0 Å². The van der Waals surface area contributed by atoms with Gasteiger partial charge in [0, 0.05) is 17.2 Å². The fourth-order valence-electron chi connectivity index (χ4n) is 1.81. The Kier molecular flexibility index (Phi) is 5.97. The minimum atomic E-state index is -0.670. The first-order valence-electron chi connectivity index (χ1n) is 7.04. The number of carbonyl (C=O) groups excluding carboxylic acids is 2. The van der Waals surface area contributed by atoms with Crippen molar-refractivity contribution in [3.63, 3.8) is 0 Å². The second-order valence-corrected chi connectivity index (χ2v) is 4.83. The second-order valence-electron chi connectivity index (χ2n) is 4.83. The highest BCUT2D eigenvalue weighted by Gasteiger charge is 2.04. The lowest BCUT2D eigenvalue weighted by Gasteiger charge is -2.01. The molecule has 2 rings (SSSR count). The third-order valence-corrected chi connectivity index (χ3v) is 3.07. The molecule has 4 N–H and O–H groups in total. The maximum absolute atomic E-state index is 13.1. The van der Waals surface area contributed by atoms with Crippen LogP contribution in [0.25, 0.3) is 6.08 Å². The number of nitrogens with zero attached hydrogens (tertiary/aromatic N) is 1. The molecule has 0 aliphatic rings. The van der Waals surface area contributed by atoms with E-state index in [1.807, 2.05) is 0 Å². The lowest BCUT2D eigenvalue weighted by molar-refractivity contribution is -0.124. The van der Waals surface area contributed by atoms with E-state index in [2.05, 4.69) is 10.5 Å². The summed E-state index contributed by atoms with van der Waals surface area (Å²) in [5, 5.41) is 21.6. The molecule has 7 nitrogen and oxygen atoms in total. The average molecular weight is 343 g/mol. The van der Waals surface area contributed by atoms with Gasteiger partial charge in [-0.25, -0.2) is 15.3 Å². The Morgan fingerprint density at radius 3 is 2.52 bits per heavy atom. The summed E-state index contributed by atoms with van der Waals surface area (Å²) in [6.07, 6.45) is 3.71. The third-order valence-electron chi connectivity index (χ3n) is 3.07. The number of benzene rings is 2. The number of hydrazone groups is 1. The quantitative estimate of drug-likeness (QED) is 0.287. The van der Waals surface area contributed by atoms with Gasteiger partial charge in [-0.15, -0.1) is 0 Å². The SMILES string of the molecule is O=C(/C=C/c1ccc(C(=O)N/N=C/c2cc(F)ccc2O)cc1)NO. The lowest BCUT2D eigenvalue weighted by atomic mass is 10.1. The molecule has 0 saturated heterocycles. The summed E-state index contributed by atoms with van der Waals surface area (Å²) >= 11 is 0. The molecule has 2 amide bonds. The summed E-state index contributed by atoms with van der Waals surface area (Å²) in [6, 6.07) is 9.58. The number of rotatable bonds is 5. The molecule has 0 fully saturated rings. The van der Waals surface area contributed by atoms with Crippen molar-refractivity contribution in [2.75, 3.05) is 0 Å². The number of phenolic OH excluding ortho intramolecular Hbond substituents is 1. The largest absolute Gasteiger partial charge is 0.507 e. The molecule has 0 saturated carbocycles. The molecule has 2 aromatic rings. The van der Waals surface area contributed by atoms with Crippen LogP contribution in [-0.2, 0) is 4.79 Å². The molecule has 8 heteroatoms. The maximum Gasteiger partial charge on any atom is 0.271 e. The van der Waals surface area contributed by atoms with E-state index in [0.29, 0.717) is 11.1 Å². The molecule has 0 atom stereocenters. The van der Waals surface area contributed by atoms with E-state index < -0.39 is 17.6 Å². The van der Waals surface area contributed by atoms with Crippen LogP contribution in [0.2, 0.25) is 0 Å². The van der Waals surface area contributed by atoms with E-state index in [9.17, 15) is 19.1 Å². The molecular weight excluding hydrogens is 329 g/mol. The number of nitrogens with one attached hydrogen (secondary N) is 2. The van der Waals surface area contributed by atoms with Crippen molar-refractivity contribution < 1.29 is 24.3 Å². The number of aromatic hydroxyl groups is 1. The van der Waals surface area contributed by atoms with Crippen molar-refractivity contribution in [1.82, 2.24) is 10.9 Å². The van der Waals surface area contributed by atoms with E-state index in [1.165, 1.54) is 29.8 Å². The van der Waals surface area contributed by atoms with Crippen LogP contribution in [0.5, 0.6) is 5.75 Å². The molecule has 0 aromatic heterocycles. The van der Waals surface area contributed by atoms with Crippen molar-refractivity contribution in [1.29, 1.82) is 0 Å². The van der Waals surface area contributed by atoms with Gasteiger partial charge in [-0.1, -0.05) is 12.1 Å². The Labute approximate surface area is 142 Å². The van der Waals surface area contributed by atoms with Gasteiger partial charge in [0.2, 0.25) is 0 Å². The van der Waals surface area contributed by atoms with Gasteiger partial charge in [0.25, 0.3) is 11.8 Å². The Morgan fingerprint density at radius 1 is 1.12 bits per heavy atom. The number of amides is 2. The van der Waals surface area contributed by atoms with E-state index in [4.69, 9.17) is 5.21 Å². The minimum absolute atomic E-state index is 0.128. The molecule has 0 heterocycles. The monoisotopic (exact) mass is 343 g/mol. The molecule has 0 spiro atoms. The summed E-state index contributed by atoms with van der Waals surface area (Å²) in [5.41, 5.74) is 4.80. The van der Waals surface area contributed by atoms with Gasteiger partial charge in [0.05, 0.1) is 6.21 Å². The van der Waals surface area contributed by atoms with Gasteiger partial charge in [-0.3, -0.25) is 14.8 Å². The van der Waals surface area contributed by atoms with Crippen LogP contribution in [0.1, 0.15) is 21.5 Å². The second kappa shape index (κ2) is 8.37. The molecule has 0 aliphatic heterocycles. The zero-order valence-electron chi connectivity index (χ0n) is 12.8. The van der Waals surface area contributed by atoms with E-state index in [-0.39, 0.29) is 11.3 Å². The first kappa shape index (κ1) is 17.8. The molecule has 2 aromatic carbocycles. The predicted molar refractivity (Wildman–Crippen MR) is 88.5 cm³/mol. The topological polar surface area (TPSA) is 111 Å². The number of halogens is 1. The van der Waals surface area contributed by atoms with Gasteiger partial charge >= 0.3 is 0 Å². The van der Waals surface area contributed by atoms with Gasteiger partial charge in [-0.2, -0.15) is 5.10 Å². The fraction of sp³-hybridized carbons (Fsp3) is 0. The summed E-state index contributed by atoms with van der Waals surface area (Å²) in [7, 11) is 0. The Balaban J connectivity index is 1.99. The summed E-state index contributed by atoms with van der Waals surface area (Å²) in [6.45, 7) is 0. The standard InChI is InChI=1S/C17H14FN3O4/c18-14-6-7-15(22)13(9-14)10-19-20-17(24)12-4-1-11(2-5-12)3-8-16(23)21-25/h1-10,22,25H,(H,20,24)(H,21,23)/b8-3+,19-10+. The molecule has 0 radical (unpaired) electrons.